The number of nitrogens with one attached hydrogen (secondary N) is 2. The van der Waals surface area contributed by atoms with Crippen LogP contribution < -0.4 is 10.6 Å². The highest BCUT2D eigenvalue weighted by molar-refractivity contribution is 6.34. The van der Waals surface area contributed by atoms with Crippen LogP contribution in [-0.4, -0.2) is 22.0 Å². The van der Waals surface area contributed by atoms with E-state index in [0.717, 1.165) is 11.1 Å². The molecule has 0 bridgehead atoms. The lowest BCUT2D eigenvalue weighted by atomic mass is 10.1. The van der Waals surface area contributed by atoms with E-state index in [1.165, 1.54) is 6.92 Å². The third-order valence-electron chi connectivity index (χ3n) is 4.62. The number of amides is 2. The number of rotatable bonds is 5. The molecule has 1 heterocycles. The zero-order valence-corrected chi connectivity index (χ0v) is 18.1. The lowest BCUT2D eigenvalue weighted by Crippen LogP contribution is -2.12. The molecule has 8 heteroatoms. The van der Waals surface area contributed by atoms with Crippen LogP contribution in [0.25, 0.3) is 22.9 Å². The summed E-state index contributed by atoms with van der Waals surface area (Å²) in [5.41, 5.74) is 4.10. The summed E-state index contributed by atoms with van der Waals surface area (Å²) in [4.78, 5) is 23.8. The third-order valence-corrected chi connectivity index (χ3v) is 4.93. The molecule has 0 aliphatic carbocycles. The van der Waals surface area contributed by atoms with Gasteiger partial charge in [0.15, 0.2) is 0 Å². The molecule has 3 aromatic carbocycles. The summed E-state index contributed by atoms with van der Waals surface area (Å²) < 4.78 is 5.79. The number of hydrogen-bond donors (Lipinski definition) is 2. The van der Waals surface area contributed by atoms with Gasteiger partial charge in [-0.15, -0.1) is 10.2 Å². The van der Waals surface area contributed by atoms with Crippen molar-refractivity contribution in [2.75, 3.05) is 10.6 Å². The highest BCUT2D eigenvalue weighted by Crippen LogP contribution is 2.27. The second-order valence-electron chi connectivity index (χ2n) is 7.19. The smallest absolute Gasteiger partial charge is 0.255 e. The van der Waals surface area contributed by atoms with Crippen LogP contribution in [0.4, 0.5) is 11.4 Å². The predicted octanol–water partition coefficient (Wildman–Crippen LogP) is 5.58. The van der Waals surface area contributed by atoms with Crippen LogP contribution in [0, 0.1) is 6.92 Å². The molecule has 0 atom stereocenters. The molecule has 0 saturated heterocycles. The molecule has 2 N–H and O–H groups in total. The fourth-order valence-electron chi connectivity index (χ4n) is 3.09. The molecule has 32 heavy (non-hydrogen) atoms. The van der Waals surface area contributed by atoms with Crippen molar-refractivity contribution in [3.63, 3.8) is 0 Å². The largest absolute Gasteiger partial charge is 0.416 e. The molecule has 4 aromatic rings. The van der Waals surface area contributed by atoms with Gasteiger partial charge in [0.1, 0.15) is 0 Å². The quantitative estimate of drug-likeness (QED) is 0.417. The van der Waals surface area contributed by atoms with E-state index >= 15 is 0 Å². The average Bonchev–Trinajstić information content (AvgIpc) is 3.26. The lowest BCUT2D eigenvalue weighted by molar-refractivity contribution is -0.114. The molecule has 0 saturated carbocycles. The molecule has 0 radical (unpaired) electrons. The van der Waals surface area contributed by atoms with Crippen molar-refractivity contribution in [2.45, 2.75) is 13.8 Å². The second-order valence-corrected chi connectivity index (χ2v) is 7.60. The minimum Gasteiger partial charge on any atom is -0.416 e. The maximum absolute atomic E-state index is 12.6. The minimum absolute atomic E-state index is 0.226. The van der Waals surface area contributed by atoms with Gasteiger partial charge in [0.2, 0.25) is 17.7 Å². The highest BCUT2D eigenvalue weighted by atomic mass is 35.5. The molecule has 0 unspecified atom stereocenters. The Morgan fingerprint density at radius 2 is 1.59 bits per heavy atom. The maximum atomic E-state index is 12.6. The third kappa shape index (κ3) is 4.84. The van der Waals surface area contributed by atoms with Crippen LogP contribution in [0.2, 0.25) is 5.02 Å². The average molecular weight is 447 g/mol. The number of halogens is 1. The van der Waals surface area contributed by atoms with Gasteiger partial charge in [0, 0.05) is 29.3 Å². The Balaban J connectivity index is 1.46. The van der Waals surface area contributed by atoms with Gasteiger partial charge in [0.25, 0.3) is 5.91 Å². The lowest BCUT2D eigenvalue weighted by Gasteiger charge is -2.09. The number of aromatic nitrogens is 2. The summed E-state index contributed by atoms with van der Waals surface area (Å²) >= 11 is 6.16. The van der Waals surface area contributed by atoms with Crippen molar-refractivity contribution in [3.8, 4) is 22.9 Å². The Morgan fingerprint density at radius 3 is 2.25 bits per heavy atom. The number of hydrogen-bond acceptors (Lipinski definition) is 5. The van der Waals surface area contributed by atoms with E-state index in [0.29, 0.717) is 39.3 Å². The van der Waals surface area contributed by atoms with Gasteiger partial charge in [-0.25, -0.2) is 0 Å². The van der Waals surface area contributed by atoms with Crippen molar-refractivity contribution >= 4 is 34.8 Å². The van der Waals surface area contributed by atoms with Gasteiger partial charge >= 0.3 is 0 Å². The van der Waals surface area contributed by atoms with Gasteiger partial charge in [-0.1, -0.05) is 29.3 Å². The minimum atomic E-state index is -0.300. The number of aryl methyl sites for hydroxylation is 1. The summed E-state index contributed by atoms with van der Waals surface area (Å²) in [6, 6.07) is 19.5. The van der Waals surface area contributed by atoms with Crippen molar-refractivity contribution in [1.82, 2.24) is 10.2 Å². The topological polar surface area (TPSA) is 97.1 Å². The monoisotopic (exact) mass is 446 g/mol. The molecule has 4 rings (SSSR count). The van der Waals surface area contributed by atoms with Crippen LogP contribution in [-0.2, 0) is 4.79 Å². The van der Waals surface area contributed by atoms with E-state index in [4.69, 9.17) is 16.0 Å². The predicted molar refractivity (Wildman–Crippen MR) is 124 cm³/mol. The van der Waals surface area contributed by atoms with Crippen LogP contribution in [0.1, 0.15) is 22.8 Å². The van der Waals surface area contributed by atoms with Crippen LogP contribution in [0.5, 0.6) is 0 Å². The Labute approximate surface area is 189 Å². The number of nitrogens with zero attached hydrogens (tertiary/aromatic N) is 2. The molecule has 160 valence electrons. The molecule has 0 aliphatic rings. The van der Waals surface area contributed by atoms with Crippen molar-refractivity contribution < 1.29 is 14.0 Å². The van der Waals surface area contributed by atoms with Gasteiger partial charge in [-0.05, 0) is 61.5 Å². The molecule has 0 spiro atoms. The van der Waals surface area contributed by atoms with E-state index in [1.54, 1.807) is 42.5 Å². The van der Waals surface area contributed by atoms with Gasteiger partial charge in [-0.3, -0.25) is 9.59 Å². The number of anilines is 2. The maximum Gasteiger partial charge on any atom is 0.255 e. The molecule has 7 nitrogen and oxygen atoms in total. The fraction of sp³-hybridized carbons (Fsp3) is 0.0833. The van der Waals surface area contributed by atoms with E-state index in [9.17, 15) is 9.59 Å². The second kappa shape index (κ2) is 9.03. The van der Waals surface area contributed by atoms with E-state index < -0.39 is 0 Å². The van der Waals surface area contributed by atoms with Crippen molar-refractivity contribution in [2.24, 2.45) is 0 Å². The van der Waals surface area contributed by atoms with Crippen molar-refractivity contribution in [1.29, 1.82) is 0 Å². The van der Waals surface area contributed by atoms with Crippen LogP contribution in [0.3, 0.4) is 0 Å². The first-order valence-corrected chi connectivity index (χ1v) is 10.2. The standard InChI is InChI=1S/C24H19ClN4O3/c1-14-4-3-5-18(12-14)24-29-28-23(32-24)17-8-6-16(7-9-17)22(31)27-19-10-11-21(20(25)13-19)26-15(2)30/h3-13H,1-2H3,(H,26,30)(H,27,31). The molecular formula is C24H19ClN4O3. The summed E-state index contributed by atoms with van der Waals surface area (Å²) in [6.45, 7) is 3.39. The fourth-order valence-corrected chi connectivity index (χ4v) is 3.31. The molecule has 2 amide bonds. The van der Waals surface area contributed by atoms with Crippen molar-refractivity contribution in [3.05, 3.63) is 82.9 Å². The number of benzene rings is 3. The first-order valence-electron chi connectivity index (χ1n) is 9.78. The Morgan fingerprint density at radius 1 is 0.875 bits per heavy atom. The first-order chi connectivity index (χ1) is 15.4. The zero-order chi connectivity index (χ0) is 22.7. The number of carbonyl (C=O) groups excluding carboxylic acids is 2. The SMILES string of the molecule is CC(=O)Nc1ccc(NC(=O)c2ccc(-c3nnc(-c4cccc(C)c4)o3)cc2)cc1Cl. The molecule has 0 fully saturated rings. The van der Waals surface area contributed by atoms with E-state index in [-0.39, 0.29) is 11.8 Å². The van der Waals surface area contributed by atoms with Crippen LogP contribution >= 0.6 is 11.6 Å². The highest BCUT2D eigenvalue weighted by Gasteiger charge is 2.13. The number of carbonyl (C=O) groups is 2. The molecule has 0 aliphatic heterocycles. The normalized spacial score (nSPS) is 10.6. The first kappa shape index (κ1) is 21.3. The van der Waals surface area contributed by atoms with E-state index in [2.05, 4.69) is 20.8 Å². The van der Waals surface area contributed by atoms with Gasteiger partial charge in [0.05, 0.1) is 10.7 Å². The molecule has 1 aromatic heterocycles. The van der Waals surface area contributed by atoms with Crippen LogP contribution in [0.15, 0.2) is 71.1 Å². The summed E-state index contributed by atoms with van der Waals surface area (Å²) in [6.07, 6.45) is 0. The summed E-state index contributed by atoms with van der Waals surface area (Å²) in [5, 5.41) is 14.0. The molecular weight excluding hydrogens is 428 g/mol. The van der Waals surface area contributed by atoms with Gasteiger partial charge < -0.3 is 15.1 Å². The zero-order valence-electron chi connectivity index (χ0n) is 17.3. The summed E-state index contributed by atoms with van der Waals surface area (Å²) in [5.74, 6) is 0.279. The summed E-state index contributed by atoms with van der Waals surface area (Å²) in [7, 11) is 0. The Kier molecular flexibility index (Phi) is 6.00. The van der Waals surface area contributed by atoms with E-state index in [1.807, 2.05) is 31.2 Å². The Bertz CT molecular complexity index is 1300. The van der Waals surface area contributed by atoms with Gasteiger partial charge in [-0.2, -0.15) is 0 Å². The Hall–Kier alpha value is -3.97.